The Kier molecular flexibility index (Phi) is 4.68. The molecule has 3 N–H and O–H groups in total. The van der Waals surface area contributed by atoms with Gasteiger partial charge >= 0.3 is 0 Å². The number of hydrogen-bond acceptors (Lipinski definition) is 4. The molecule has 120 valence electrons. The smallest absolute Gasteiger partial charge is 0.240 e. The topological polar surface area (TPSA) is 77.5 Å². The second kappa shape index (κ2) is 6.18. The Labute approximate surface area is 135 Å². The molecule has 1 aliphatic carbocycles. The third kappa shape index (κ3) is 3.05. The van der Waals surface area contributed by atoms with Crippen LogP contribution in [0.25, 0.3) is 11.0 Å². The minimum atomic E-state index is -0.670. The van der Waals surface area contributed by atoms with Gasteiger partial charge in [-0.25, -0.2) is 0 Å². The van der Waals surface area contributed by atoms with Gasteiger partial charge in [0, 0.05) is 5.39 Å². The third-order valence-corrected chi connectivity index (χ3v) is 3.84. The summed E-state index contributed by atoms with van der Waals surface area (Å²) < 4.78 is 11.4. The van der Waals surface area contributed by atoms with E-state index in [-0.39, 0.29) is 24.4 Å². The van der Waals surface area contributed by atoms with Gasteiger partial charge in [-0.05, 0) is 38.8 Å². The number of nitrogens with one attached hydrogen (secondary N) is 1. The molecular formula is C16H21ClN2O3. The van der Waals surface area contributed by atoms with E-state index in [2.05, 4.69) is 5.32 Å². The lowest BCUT2D eigenvalue weighted by atomic mass is 10.2. The molecule has 1 saturated carbocycles. The number of furan rings is 1. The zero-order valence-corrected chi connectivity index (χ0v) is 13.5. The molecule has 1 unspecified atom stereocenters. The minimum absolute atomic E-state index is 0. The molecule has 3 rings (SSSR count). The van der Waals surface area contributed by atoms with Crippen LogP contribution in [-0.2, 0) is 4.79 Å². The molecule has 1 heterocycles. The van der Waals surface area contributed by atoms with Crippen LogP contribution in [0.3, 0.4) is 0 Å². The summed E-state index contributed by atoms with van der Waals surface area (Å²) in [5.74, 6) is 1.31. The average molecular weight is 325 g/mol. The summed E-state index contributed by atoms with van der Waals surface area (Å²) in [4.78, 5) is 12.0. The number of ether oxygens (including phenoxy) is 1. The second-order valence-electron chi connectivity index (χ2n) is 5.61. The molecule has 1 aliphatic rings. The number of amides is 1. The molecule has 22 heavy (non-hydrogen) atoms. The lowest BCUT2D eigenvalue weighted by molar-refractivity contribution is -0.124. The van der Waals surface area contributed by atoms with E-state index in [4.69, 9.17) is 14.9 Å². The maximum Gasteiger partial charge on any atom is 0.240 e. The predicted molar refractivity (Wildman–Crippen MR) is 87.3 cm³/mol. The summed E-state index contributed by atoms with van der Waals surface area (Å²) in [5, 5.41) is 3.88. The molecule has 1 fully saturated rings. The molecule has 1 aromatic carbocycles. The highest BCUT2D eigenvalue weighted by atomic mass is 35.5. The first-order valence-corrected chi connectivity index (χ1v) is 7.28. The van der Waals surface area contributed by atoms with Crippen molar-refractivity contribution in [1.82, 2.24) is 5.32 Å². The zero-order valence-electron chi connectivity index (χ0n) is 12.7. The first-order chi connectivity index (χ1) is 10.0. The number of nitrogens with two attached hydrogens (primary N) is 1. The van der Waals surface area contributed by atoms with E-state index in [1.807, 2.05) is 38.1 Å². The molecule has 1 amide bonds. The van der Waals surface area contributed by atoms with Crippen molar-refractivity contribution in [2.75, 3.05) is 6.61 Å². The third-order valence-electron chi connectivity index (χ3n) is 3.84. The molecule has 0 aliphatic heterocycles. The molecule has 1 atom stereocenters. The Hall–Kier alpha value is -1.72. The van der Waals surface area contributed by atoms with Gasteiger partial charge in [-0.2, -0.15) is 0 Å². The van der Waals surface area contributed by atoms with Gasteiger partial charge in [0.25, 0.3) is 0 Å². The van der Waals surface area contributed by atoms with Gasteiger partial charge in [0.2, 0.25) is 5.91 Å². The van der Waals surface area contributed by atoms with Gasteiger partial charge in [0.1, 0.15) is 5.76 Å². The van der Waals surface area contributed by atoms with Crippen molar-refractivity contribution in [3.63, 3.8) is 0 Å². The van der Waals surface area contributed by atoms with E-state index in [9.17, 15) is 4.79 Å². The lowest BCUT2D eigenvalue weighted by Crippen LogP contribution is -2.43. The maximum absolute atomic E-state index is 12.0. The van der Waals surface area contributed by atoms with Crippen LogP contribution in [0.4, 0.5) is 0 Å². The molecule has 0 saturated heterocycles. The van der Waals surface area contributed by atoms with Gasteiger partial charge in [0.05, 0.1) is 18.2 Å². The summed E-state index contributed by atoms with van der Waals surface area (Å²) in [5.41, 5.74) is 5.94. The van der Waals surface area contributed by atoms with Gasteiger partial charge in [-0.1, -0.05) is 12.1 Å². The summed E-state index contributed by atoms with van der Waals surface area (Å²) in [7, 11) is 0. The van der Waals surface area contributed by atoms with Crippen LogP contribution in [-0.4, -0.2) is 18.1 Å². The molecule has 0 spiro atoms. The van der Waals surface area contributed by atoms with Gasteiger partial charge in [0.15, 0.2) is 11.3 Å². The Bertz CT molecular complexity index is 679. The van der Waals surface area contributed by atoms with Crippen molar-refractivity contribution in [3.05, 3.63) is 30.0 Å². The van der Waals surface area contributed by atoms with Crippen molar-refractivity contribution in [1.29, 1.82) is 0 Å². The molecule has 0 radical (unpaired) electrons. The number of carbonyl (C=O) groups is 1. The zero-order chi connectivity index (χ0) is 15.0. The first kappa shape index (κ1) is 16.6. The number of hydrogen-bond donors (Lipinski definition) is 2. The number of halogens is 1. The highest BCUT2D eigenvalue weighted by molar-refractivity contribution is 5.89. The predicted octanol–water partition coefficient (Wildman–Crippen LogP) is 2.92. The largest absolute Gasteiger partial charge is 0.490 e. The monoisotopic (exact) mass is 324 g/mol. The fourth-order valence-electron chi connectivity index (χ4n) is 2.31. The van der Waals surface area contributed by atoms with E-state index in [1.54, 1.807) is 0 Å². The molecule has 1 aromatic heterocycles. The summed E-state index contributed by atoms with van der Waals surface area (Å²) in [6.07, 6.45) is 1.50. The normalized spacial score (nSPS) is 16.7. The molecule has 6 heteroatoms. The van der Waals surface area contributed by atoms with Gasteiger partial charge < -0.3 is 20.2 Å². The fourth-order valence-corrected chi connectivity index (χ4v) is 2.31. The van der Waals surface area contributed by atoms with Crippen molar-refractivity contribution in [2.24, 2.45) is 5.73 Å². The van der Waals surface area contributed by atoms with E-state index >= 15 is 0 Å². The Morgan fingerprint density at radius 3 is 2.86 bits per heavy atom. The number of para-hydroxylation sites is 1. The number of rotatable bonds is 5. The minimum Gasteiger partial charge on any atom is -0.490 e. The maximum atomic E-state index is 12.0. The molecule has 2 aromatic rings. The van der Waals surface area contributed by atoms with Crippen molar-refractivity contribution in [3.8, 4) is 5.75 Å². The van der Waals surface area contributed by atoms with E-state index in [0.29, 0.717) is 18.0 Å². The van der Waals surface area contributed by atoms with Crippen LogP contribution < -0.4 is 15.8 Å². The molecular weight excluding hydrogens is 304 g/mol. The van der Waals surface area contributed by atoms with Crippen LogP contribution in [0.15, 0.2) is 28.7 Å². The number of fused-ring (bicyclic) bond motifs is 1. The van der Waals surface area contributed by atoms with Crippen LogP contribution >= 0.6 is 12.4 Å². The summed E-state index contributed by atoms with van der Waals surface area (Å²) in [6.45, 7) is 4.40. The Balaban J connectivity index is 0.00000176. The number of benzene rings is 1. The summed E-state index contributed by atoms with van der Waals surface area (Å²) >= 11 is 0. The average Bonchev–Trinajstić information content (AvgIpc) is 3.05. The van der Waals surface area contributed by atoms with Crippen LogP contribution in [0.1, 0.15) is 38.5 Å². The van der Waals surface area contributed by atoms with Crippen molar-refractivity contribution in [2.45, 2.75) is 38.3 Å². The first-order valence-electron chi connectivity index (χ1n) is 7.28. The highest BCUT2D eigenvalue weighted by Crippen LogP contribution is 2.34. The molecule has 5 nitrogen and oxygen atoms in total. The SMILES string of the molecule is CCOc1cccc2cc(C(C)NC(=O)C3(N)CC3)oc12.Cl. The lowest BCUT2D eigenvalue weighted by Gasteiger charge is -2.14. The van der Waals surface area contributed by atoms with E-state index in [1.165, 1.54) is 0 Å². The standard InChI is InChI=1S/C16H20N2O3.ClH/c1-3-20-12-6-4-5-11-9-13(21-14(11)12)10(2)18-15(19)16(17)7-8-16;/h4-6,9-10H,3,7-8,17H2,1-2H3,(H,18,19);1H. The van der Waals surface area contributed by atoms with E-state index < -0.39 is 5.54 Å². The van der Waals surface area contributed by atoms with Crippen LogP contribution in [0, 0.1) is 0 Å². The molecule has 0 bridgehead atoms. The quantitative estimate of drug-likeness (QED) is 0.886. The summed E-state index contributed by atoms with van der Waals surface area (Å²) in [6, 6.07) is 7.47. The van der Waals surface area contributed by atoms with Gasteiger partial charge in [-0.15, -0.1) is 12.4 Å². The number of carbonyl (C=O) groups excluding carboxylic acids is 1. The highest BCUT2D eigenvalue weighted by Gasteiger charge is 2.46. The van der Waals surface area contributed by atoms with Crippen molar-refractivity contribution >= 4 is 29.3 Å². The van der Waals surface area contributed by atoms with E-state index in [0.717, 1.165) is 24.0 Å². The Morgan fingerprint density at radius 1 is 1.50 bits per heavy atom. The fraction of sp³-hybridized carbons (Fsp3) is 0.438. The second-order valence-corrected chi connectivity index (χ2v) is 5.61. The van der Waals surface area contributed by atoms with Crippen molar-refractivity contribution < 1.29 is 13.9 Å². The Morgan fingerprint density at radius 2 is 2.23 bits per heavy atom. The van der Waals surface area contributed by atoms with Crippen LogP contribution in [0.5, 0.6) is 5.75 Å². The van der Waals surface area contributed by atoms with Gasteiger partial charge in [-0.3, -0.25) is 4.79 Å². The van der Waals surface area contributed by atoms with Crippen LogP contribution in [0.2, 0.25) is 0 Å².